The fourth-order valence-electron chi connectivity index (χ4n) is 2.22. The van der Waals surface area contributed by atoms with E-state index in [4.69, 9.17) is 4.74 Å². The first kappa shape index (κ1) is 18.0. The first-order chi connectivity index (χ1) is 9.99. The van der Waals surface area contributed by atoms with Crippen molar-refractivity contribution >= 4 is 0 Å². The molecule has 1 aromatic rings. The fraction of sp³-hybridized carbons (Fsp3) is 0.667. The molecule has 0 spiro atoms. The van der Waals surface area contributed by atoms with Gasteiger partial charge in [-0.25, -0.2) is 0 Å². The summed E-state index contributed by atoms with van der Waals surface area (Å²) in [7, 11) is 2.16. The number of hydrogen-bond donors (Lipinski definition) is 1. The van der Waals surface area contributed by atoms with Crippen molar-refractivity contribution in [3.8, 4) is 5.75 Å². The SMILES string of the molecule is CCCNC(C)c1ccc(OCC)c(CN(C)C(C)C)c1. The van der Waals surface area contributed by atoms with Crippen LogP contribution in [0.15, 0.2) is 18.2 Å². The Morgan fingerprint density at radius 1 is 1.19 bits per heavy atom. The van der Waals surface area contributed by atoms with Gasteiger partial charge in [0.15, 0.2) is 0 Å². The van der Waals surface area contributed by atoms with Crippen LogP contribution in [0.25, 0.3) is 0 Å². The predicted molar refractivity (Wildman–Crippen MR) is 90.9 cm³/mol. The van der Waals surface area contributed by atoms with Gasteiger partial charge in [-0.3, -0.25) is 4.90 Å². The third-order valence-corrected chi connectivity index (χ3v) is 3.89. The van der Waals surface area contributed by atoms with Gasteiger partial charge < -0.3 is 10.1 Å². The number of benzene rings is 1. The van der Waals surface area contributed by atoms with E-state index in [0.717, 1.165) is 25.3 Å². The first-order valence-corrected chi connectivity index (χ1v) is 8.18. The lowest BCUT2D eigenvalue weighted by molar-refractivity contribution is 0.257. The van der Waals surface area contributed by atoms with Gasteiger partial charge in [0.25, 0.3) is 0 Å². The maximum Gasteiger partial charge on any atom is 0.123 e. The molecule has 0 aliphatic carbocycles. The van der Waals surface area contributed by atoms with E-state index >= 15 is 0 Å². The topological polar surface area (TPSA) is 24.5 Å². The van der Waals surface area contributed by atoms with Gasteiger partial charge in [0, 0.05) is 24.2 Å². The molecule has 3 nitrogen and oxygen atoms in total. The van der Waals surface area contributed by atoms with Crippen molar-refractivity contribution in [1.82, 2.24) is 10.2 Å². The molecule has 21 heavy (non-hydrogen) atoms. The minimum atomic E-state index is 0.378. The molecule has 3 heteroatoms. The van der Waals surface area contributed by atoms with E-state index in [1.807, 2.05) is 6.92 Å². The maximum atomic E-state index is 5.79. The third kappa shape index (κ3) is 5.68. The molecule has 1 unspecified atom stereocenters. The zero-order valence-corrected chi connectivity index (χ0v) is 14.6. The highest BCUT2D eigenvalue weighted by Crippen LogP contribution is 2.25. The van der Waals surface area contributed by atoms with Crippen LogP contribution in [0, 0.1) is 0 Å². The van der Waals surface area contributed by atoms with Crippen molar-refractivity contribution in [2.24, 2.45) is 0 Å². The number of rotatable bonds is 9. The Kier molecular flexibility index (Phi) is 7.76. The van der Waals surface area contributed by atoms with E-state index < -0.39 is 0 Å². The molecule has 0 saturated heterocycles. The summed E-state index contributed by atoms with van der Waals surface area (Å²) in [5, 5.41) is 3.55. The van der Waals surface area contributed by atoms with Crippen LogP contribution in [-0.2, 0) is 6.54 Å². The zero-order chi connectivity index (χ0) is 15.8. The number of hydrogen-bond acceptors (Lipinski definition) is 3. The van der Waals surface area contributed by atoms with E-state index in [1.54, 1.807) is 0 Å². The van der Waals surface area contributed by atoms with Gasteiger partial charge in [-0.15, -0.1) is 0 Å². The van der Waals surface area contributed by atoms with E-state index in [-0.39, 0.29) is 0 Å². The molecule has 0 heterocycles. The average Bonchev–Trinajstić information content (AvgIpc) is 2.46. The minimum absolute atomic E-state index is 0.378. The zero-order valence-electron chi connectivity index (χ0n) is 14.6. The number of ether oxygens (including phenoxy) is 1. The van der Waals surface area contributed by atoms with Crippen LogP contribution in [0.4, 0.5) is 0 Å². The van der Waals surface area contributed by atoms with Gasteiger partial charge in [0.2, 0.25) is 0 Å². The van der Waals surface area contributed by atoms with Crippen LogP contribution >= 0.6 is 0 Å². The van der Waals surface area contributed by atoms with Crippen LogP contribution in [0.2, 0.25) is 0 Å². The van der Waals surface area contributed by atoms with Crippen LogP contribution < -0.4 is 10.1 Å². The van der Waals surface area contributed by atoms with Crippen LogP contribution in [-0.4, -0.2) is 31.1 Å². The van der Waals surface area contributed by atoms with Crippen molar-refractivity contribution < 1.29 is 4.74 Å². The summed E-state index contributed by atoms with van der Waals surface area (Å²) >= 11 is 0. The van der Waals surface area contributed by atoms with Crippen molar-refractivity contribution in [2.75, 3.05) is 20.2 Å². The molecule has 0 amide bonds. The lowest BCUT2D eigenvalue weighted by Crippen LogP contribution is -2.26. The Morgan fingerprint density at radius 3 is 2.48 bits per heavy atom. The Morgan fingerprint density at radius 2 is 1.90 bits per heavy atom. The highest BCUT2D eigenvalue weighted by atomic mass is 16.5. The molecule has 1 atom stereocenters. The first-order valence-electron chi connectivity index (χ1n) is 8.18. The van der Waals surface area contributed by atoms with Crippen LogP contribution in [0.5, 0.6) is 5.75 Å². The minimum Gasteiger partial charge on any atom is -0.494 e. The molecule has 1 N–H and O–H groups in total. The molecule has 1 aromatic carbocycles. The van der Waals surface area contributed by atoms with Gasteiger partial charge in [-0.2, -0.15) is 0 Å². The summed E-state index contributed by atoms with van der Waals surface area (Å²) < 4.78 is 5.79. The summed E-state index contributed by atoms with van der Waals surface area (Å²) in [5.41, 5.74) is 2.61. The summed E-state index contributed by atoms with van der Waals surface area (Å²) in [6, 6.07) is 7.49. The molecule has 0 aromatic heterocycles. The lowest BCUT2D eigenvalue weighted by Gasteiger charge is -2.24. The molecule has 0 radical (unpaired) electrons. The Balaban J connectivity index is 2.94. The third-order valence-electron chi connectivity index (χ3n) is 3.89. The fourth-order valence-corrected chi connectivity index (χ4v) is 2.22. The molecular formula is C18H32N2O. The smallest absolute Gasteiger partial charge is 0.123 e. The molecule has 0 aliphatic rings. The second-order valence-electron chi connectivity index (χ2n) is 5.98. The predicted octanol–water partition coefficient (Wildman–Crippen LogP) is 3.99. The van der Waals surface area contributed by atoms with Gasteiger partial charge in [-0.1, -0.05) is 13.0 Å². The molecule has 0 saturated carbocycles. The number of nitrogens with one attached hydrogen (secondary N) is 1. The summed E-state index contributed by atoms with van der Waals surface area (Å²) in [6.45, 7) is 13.6. The Bertz CT molecular complexity index is 418. The van der Waals surface area contributed by atoms with E-state index in [0.29, 0.717) is 18.7 Å². The molecule has 120 valence electrons. The highest BCUT2D eigenvalue weighted by molar-refractivity contribution is 5.38. The highest BCUT2D eigenvalue weighted by Gasteiger charge is 2.12. The van der Waals surface area contributed by atoms with E-state index in [9.17, 15) is 0 Å². The quantitative estimate of drug-likeness (QED) is 0.745. The summed E-state index contributed by atoms with van der Waals surface area (Å²) in [6.07, 6.45) is 1.16. The van der Waals surface area contributed by atoms with Crippen LogP contribution in [0.3, 0.4) is 0 Å². The van der Waals surface area contributed by atoms with Gasteiger partial charge in [-0.05, 0) is 65.4 Å². The molecule has 0 bridgehead atoms. The van der Waals surface area contributed by atoms with Gasteiger partial charge in [0.1, 0.15) is 5.75 Å². The monoisotopic (exact) mass is 292 g/mol. The standard InChI is InChI=1S/C18H32N2O/c1-7-11-19-15(5)16-9-10-18(21-8-2)17(12-16)13-20(6)14(3)4/h9-10,12,14-15,19H,7-8,11,13H2,1-6H3. The largest absolute Gasteiger partial charge is 0.494 e. The van der Waals surface area contributed by atoms with Gasteiger partial charge in [0.05, 0.1) is 6.61 Å². The Labute approximate surface area is 130 Å². The van der Waals surface area contributed by atoms with Crippen molar-refractivity contribution in [3.63, 3.8) is 0 Å². The normalized spacial score (nSPS) is 13.0. The molecule has 0 fully saturated rings. The molecule has 0 aliphatic heterocycles. The summed E-state index contributed by atoms with van der Waals surface area (Å²) in [5.74, 6) is 1.01. The summed E-state index contributed by atoms with van der Waals surface area (Å²) in [4.78, 5) is 2.34. The Hall–Kier alpha value is -1.06. The van der Waals surface area contributed by atoms with Crippen LogP contribution in [0.1, 0.15) is 58.2 Å². The van der Waals surface area contributed by atoms with E-state index in [1.165, 1.54) is 11.1 Å². The lowest BCUT2D eigenvalue weighted by atomic mass is 10.0. The van der Waals surface area contributed by atoms with E-state index in [2.05, 4.69) is 63.2 Å². The van der Waals surface area contributed by atoms with Crippen molar-refractivity contribution in [3.05, 3.63) is 29.3 Å². The van der Waals surface area contributed by atoms with Gasteiger partial charge >= 0.3 is 0 Å². The van der Waals surface area contributed by atoms with Crippen molar-refractivity contribution in [1.29, 1.82) is 0 Å². The second-order valence-corrected chi connectivity index (χ2v) is 5.98. The van der Waals surface area contributed by atoms with Crippen molar-refractivity contribution in [2.45, 2.75) is 59.7 Å². The number of nitrogens with zero attached hydrogens (tertiary/aromatic N) is 1. The molecular weight excluding hydrogens is 260 g/mol. The second kappa shape index (κ2) is 9.06. The average molecular weight is 292 g/mol. The maximum absolute atomic E-state index is 5.79. The molecule has 1 rings (SSSR count).